The molecule has 1 saturated heterocycles. The molecule has 3 rings (SSSR count). The van der Waals surface area contributed by atoms with E-state index in [1.54, 1.807) is 0 Å². The molecule has 0 nitrogen and oxygen atoms in total. The maximum Gasteiger partial charge on any atom is 0.148 e. The zero-order chi connectivity index (χ0) is 13.8. The lowest BCUT2D eigenvalue weighted by Gasteiger charge is -2.21. The van der Waals surface area contributed by atoms with Gasteiger partial charge in [0.25, 0.3) is 0 Å². The molecule has 3 heteroatoms. The Bertz CT molecular complexity index is 649. The van der Waals surface area contributed by atoms with Crippen LogP contribution in [0.15, 0.2) is 59.1 Å². The first-order valence-corrected chi connectivity index (χ1v) is 9.17. The highest BCUT2D eigenvalue weighted by molar-refractivity contribution is 9.10. The first kappa shape index (κ1) is 14.1. The quantitative estimate of drug-likeness (QED) is 0.646. The normalized spacial score (nSPS) is 16.4. The molecule has 0 unspecified atom stereocenters. The van der Waals surface area contributed by atoms with Gasteiger partial charge in [-0.05, 0) is 29.8 Å². The SMILES string of the molecule is Brc1cccc(C2(C#Cc3ccccc3)SCCS2)c1. The standard InChI is InChI=1S/C17H13BrS2/c18-16-8-4-7-15(13-16)17(19-11-12-20-17)10-9-14-5-2-1-3-6-14/h1-8,13H,11-12H2. The van der Waals surface area contributed by atoms with Crippen molar-refractivity contribution in [3.63, 3.8) is 0 Å². The highest BCUT2D eigenvalue weighted by Crippen LogP contribution is 2.51. The minimum Gasteiger partial charge on any atom is -0.126 e. The molecule has 2 aromatic rings. The van der Waals surface area contributed by atoms with E-state index >= 15 is 0 Å². The van der Waals surface area contributed by atoms with E-state index in [1.807, 2.05) is 41.7 Å². The zero-order valence-electron chi connectivity index (χ0n) is 10.8. The van der Waals surface area contributed by atoms with Gasteiger partial charge in [0, 0.05) is 21.5 Å². The first-order valence-electron chi connectivity index (χ1n) is 6.41. The minimum atomic E-state index is -0.125. The largest absolute Gasteiger partial charge is 0.148 e. The first-order chi connectivity index (χ1) is 9.78. The Morgan fingerprint density at radius 2 is 1.70 bits per heavy atom. The van der Waals surface area contributed by atoms with Crippen molar-refractivity contribution in [3.8, 4) is 11.8 Å². The summed E-state index contributed by atoms with van der Waals surface area (Å²) in [7, 11) is 0. The van der Waals surface area contributed by atoms with Gasteiger partial charge in [-0.3, -0.25) is 0 Å². The molecule has 0 N–H and O–H groups in total. The molecular formula is C17H13BrS2. The minimum absolute atomic E-state index is 0.125. The van der Waals surface area contributed by atoms with Crippen molar-refractivity contribution in [2.75, 3.05) is 11.5 Å². The fourth-order valence-corrected chi connectivity index (χ4v) is 5.40. The third kappa shape index (κ3) is 3.09. The molecule has 1 aliphatic rings. The van der Waals surface area contributed by atoms with Crippen LogP contribution < -0.4 is 0 Å². The number of hydrogen-bond donors (Lipinski definition) is 0. The number of hydrogen-bond acceptors (Lipinski definition) is 2. The van der Waals surface area contributed by atoms with Crippen LogP contribution in [-0.4, -0.2) is 11.5 Å². The van der Waals surface area contributed by atoms with Gasteiger partial charge in [0.15, 0.2) is 0 Å². The highest BCUT2D eigenvalue weighted by atomic mass is 79.9. The molecular weight excluding hydrogens is 348 g/mol. The zero-order valence-corrected chi connectivity index (χ0v) is 14.0. The Labute approximate surface area is 136 Å². The smallest absolute Gasteiger partial charge is 0.126 e. The van der Waals surface area contributed by atoms with Gasteiger partial charge in [-0.25, -0.2) is 0 Å². The fourth-order valence-electron chi connectivity index (χ4n) is 2.09. The number of thioether (sulfide) groups is 2. The lowest BCUT2D eigenvalue weighted by atomic mass is 10.1. The molecule has 0 aliphatic carbocycles. The van der Waals surface area contributed by atoms with Crippen LogP contribution in [0.4, 0.5) is 0 Å². The molecule has 0 radical (unpaired) electrons. The molecule has 0 atom stereocenters. The summed E-state index contributed by atoms with van der Waals surface area (Å²) in [6.07, 6.45) is 0. The van der Waals surface area contributed by atoms with Crippen LogP contribution in [0.3, 0.4) is 0 Å². The van der Waals surface area contributed by atoms with Crippen LogP contribution in [0, 0.1) is 11.8 Å². The second kappa shape index (κ2) is 6.30. The van der Waals surface area contributed by atoms with E-state index < -0.39 is 0 Å². The molecule has 0 amide bonds. The average Bonchev–Trinajstić information content (AvgIpc) is 2.96. The molecule has 2 aromatic carbocycles. The Balaban J connectivity index is 1.99. The maximum atomic E-state index is 3.56. The van der Waals surface area contributed by atoms with Crippen LogP contribution in [-0.2, 0) is 4.08 Å². The van der Waals surface area contributed by atoms with Crippen LogP contribution in [0.1, 0.15) is 11.1 Å². The highest BCUT2D eigenvalue weighted by Gasteiger charge is 2.35. The van der Waals surface area contributed by atoms with Crippen molar-refractivity contribution in [1.29, 1.82) is 0 Å². The van der Waals surface area contributed by atoms with Crippen LogP contribution in [0.25, 0.3) is 0 Å². The summed E-state index contributed by atoms with van der Waals surface area (Å²) < 4.78 is 0.989. The van der Waals surface area contributed by atoms with Gasteiger partial charge in [0.2, 0.25) is 0 Å². The van der Waals surface area contributed by atoms with Crippen LogP contribution in [0.2, 0.25) is 0 Å². The molecule has 0 aromatic heterocycles. The molecule has 1 heterocycles. The Morgan fingerprint density at radius 1 is 0.950 bits per heavy atom. The summed E-state index contributed by atoms with van der Waals surface area (Å²) in [5.74, 6) is 9.16. The van der Waals surface area contributed by atoms with Crippen LogP contribution >= 0.6 is 39.5 Å². The molecule has 1 aliphatic heterocycles. The van der Waals surface area contributed by atoms with E-state index in [1.165, 1.54) is 5.56 Å². The summed E-state index contributed by atoms with van der Waals surface area (Å²) in [6.45, 7) is 0. The van der Waals surface area contributed by atoms with Crippen molar-refractivity contribution >= 4 is 39.5 Å². The Hall–Kier alpha value is -0.820. The Kier molecular flexibility index (Phi) is 4.45. The van der Waals surface area contributed by atoms with Crippen molar-refractivity contribution in [2.45, 2.75) is 4.08 Å². The van der Waals surface area contributed by atoms with Gasteiger partial charge in [-0.2, -0.15) is 0 Å². The summed E-state index contributed by atoms with van der Waals surface area (Å²) in [4.78, 5) is 0. The van der Waals surface area contributed by atoms with Gasteiger partial charge in [-0.1, -0.05) is 58.1 Å². The maximum absolute atomic E-state index is 3.56. The molecule has 0 spiro atoms. The summed E-state index contributed by atoms with van der Waals surface area (Å²) in [6, 6.07) is 18.7. The third-order valence-electron chi connectivity index (χ3n) is 3.04. The van der Waals surface area contributed by atoms with Crippen molar-refractivity contribution in [2.24, 2.45) is 0 Å². The second-order valence-electron chi connectivity index (χ2n) is 4.44. The molecule has 20 heavy (non-hydrogen) atoms. The number of rotatable bonds is 1. The van der Waals surface area contributed by atoms with E-state index in [0.717, 1.165) is 21.5 Å². The third-order valence-corrected chi connectivity index (χ3v) is 6.81. The van der Waals surface area contributed by atoms with E-state index in [2.05, 4.69) is 64.2 Å². The summed E-state index contributed by atoms with van der Waals surface area (Å²) in [5, 5.41) is 0. The number of halogens is 1. The van der Waals surface area contributed by atoms with Gasteiger partial charge in [-0.15, -0.1) is 23.5 Å². The molecule has 100 valence electrons. The molecule has 0 bridgehead atoms. The van der Waals surface area contributed by atoms with Gasteiger partial charge >= 0.3 is 0 Å². The van der Waals surface area contributed by atoms with Gasteiger partial charge < -0.3 is 0 Å². The average molecular weight is 361 g/mol. The lowest BCUT2D eigenvalue weighted by Crippen LogP contribution is -2.11. The van der Waals surface area contributed by atoms with Gasteiger partial charge in [0.1, 0.15) is 4.08 Å². The van der Waals surface area contributed by atoms with E-state index in [9.17, 15) is 0 Å². The van der Waals surface area contributed by atoms with E-state index in [0.29, 0.717) is 0 Å². The summed E-state index contributed by atoms with van der Waals surface area (Å²) in [5.41, 5.74) is 2.36. The molecule has 0 saturated carbocycles. The predicted octanol–water partition coefficient (Wildman–Crippen LogP) is 5.13. The monoisotopic (exact) mass is 360 g/mol. The van der Waals surface area contributed by atoms with E-state index in [-0.39, 0.29) is 4.08 Å². The lowest BCUT2D eigenvalue weighted by molar-refractivity contribution is 1.19. The number of benzene rings is 2. The van der Waals surface area contributed by atoms with E-state index in [4.69, 9.17) is 0 Å². The molecule has 1 fully saturated rings. The van der Waals surface area contributed by atoms with Crippen molar-refractivity contribution in [1.82, 2.24) is 0 Å². The predicted molar refractivity (Wildman–Crippen MR) is 94.1 cm³/mol. The summed E-state index contributed by atoms with van der Waals surface area (Å²) >= 11 is 7.44. The Morgan fingerprint density at radius 3 is 2.40 bits per heavy atom. The van der Waals surface area contributed by atoms with Gasteiger partial charge in [0.05, 0.1) is 0 Å². The van der Waals surface area contributed by atoms with Crippen LogP contribution in [0.5, 0.6) is 0 Å². The second-order valence-corrected chi connectivity index (χ2v) is 8.23. The topological polar surface area (TPSA) is 0 Å². The fraction of sp³-hybridized carbons (Fsp3) is 0.176. The van der Waals surface area contributed by atoms with Crippen molar-refractivity contribution < 1.29 is 0 Å². The van der Waals surface area contributed by atoms with Crippen molar-refractivity contribution in [3.05, 3.63) is 70.2 Å².